The lowest BCUT2D eigenvalue weighted by Crippen LogP contribution is -2.57. The van der Waals surface area contributed by atoms with Crippen LogP contribution >= 0.6 is 12.6 Å². The second kappa shape index (κ2) is 26.5. The van der Waals surface area contributed by atoms with Gasteiger partial charge >= 0.3 is 11.9 Å². The van der Waals surface area contributed by atoms with Crippen molar-refractivity contribution in [2.45, 2.75) is 81.7 Å². The Morgan fingerprint density at radius 3 is 1.72 bits per heavy atom. The van der Waals surface area contributed by atoms with Crippen molar-refractivity contribution >= 4 is 71.9 Å². The predicted molar refractivity (Wildman–Crippen MR) is 193 cm³/mol. The molecule has 0 heterocycles. The molecule has 7 amide bonds. The molecule has 54 heavy (non-hydrogen) atoms. The highest BCUT2D eigenvalue weighted by Gasteiger charge is 2.30. The first-order valence-corrected chi connectivity index (χ1v) is 17.2. The molecule has 0 unspecified atom stereocenters. The summed E-state index contributed by atoms with van der Waals surface area (Å²) in [6.07, 6.45) is -0.0201. The molecule has 0 radical (unpaired) electrons. The first-order valence-electron chi connectivity index (χ1n) is 16.6. The standard InChI is InChI=1S/C29H52N12O12S/c1-14(37-24(48)15(31)13-54)23(47)35-10-20(43)38-17(5-2-3-7-30)26(50)40-16(6-4-8-34-29(32)33)25(49)36-11-21(44)39-18(9-22(45)46)27(51)41-19(12-42)28(52)53/h14-19,42,54H,2-13,30-31H2,1H3,(H,35,47)(H,36,49)(H,37,48)(H,38,43)(H,39,44)(H,40,50)(H,41,51)(H,45,46)(H,52,53)(H4,32,33,34)/t14-,15-,16-,17-,18-,19-/m0/s1. The second-order valence-electron chi connectivity index (χ2n) is 11.7. The van der Waals surface area contributed by atoms with Crippen molar-refractivity contribution in [2.24, 2.45) is 27.9 Å². The lowest BCUT2D eigenvalue weighted by atomic mass is 10.1. The van der Waals surface area contributed by atoms with Gasteiger partial charge in [0.15, 0.2) is 5.96 Å². The topological polar surface area (TPSA) is 415 Å². The van der Waals surface area contributed by atoms with Crippen LogP contribution in [-0.4, -0.2) is 149 Å². The molecular weight excluding hydrogens is 740 g/mol. The van der Waals surface area contributed by atoms with Crippen LogP contribution < -0.4 is 60.2 Å². The zero-order valence-electron chi connectivity index (χ0n) is 29.7. The summed E-state index contributed by atoms with van der Waals surface area (Å²) in [7, 11) is 0. The monoisotopic (exact) mass is 792 g/mol. The van der Waals surface area contributed by atoms with E-state index in [1.165, 1.54) is 6.92 Å². The average molecular weight is 793 g/mol. The number of guanidine groups is 1. The van der Waals surface area contributed by atoms with Crippen molar-refractivity contribution in [1.82, 2.24) is 37.2 Å². The van der Waals surface area contributed by atoms with Crippen LogP contribution in [0.4, 0.5) is 0 Å². The molecule has 24 nitrogen and oxygen atoms in total. The largest absolute Gasteiger partial charge is 0.481 e. The molecule has 0 spiro atoms. The number of nitrogens with zero attached hydrogens (tertiary/aromatic N) is 1. The van der Waals surface area contributed by atoms with Gasteiger partial charge in [-0.2, -0.15) is 12.6 Å². The minimum absolute atomic E-state index is 0.0318. The Morgan fingerprint density at radius 1 is 0.685 bits per heavy atom. The normalized spacial score (nSPS) is 13.9. The number of nitrogens with two attached hydrogens (primary N) is 4. The molecule has 0 saturated carbocycles. The number of carbonyl (C=O) groups is 9. The zero-order chi connectivity index (χ0) is 41.4. The van der Waals surface area contributed by atoms with E-state index >= 15 is 0 Å². The first-order chi connectivity index (χ1) is 25.4. The van der Waals surface area contributed by atoms with Crippen LogP contribution in [0, 0.1) is 0 Å². The molecule has 0 aromatic carbocycles. The number of nitrogens with one attached hydrogen (secondary N) is 7. The number of rotatable bonds is 27. The van der Waals surface area contributed by atoms with Gasteiger partial charge in [-0.05, 0) is 45.6 Å². The molecule has 0 aromatic heterocycles. The van der Waals surface area contributed by atoms with Gasteiger partial charge in [0, 0.05) is 12.3 Å². The van der Waals surface area contributed by atoms with Gasteiger partial charge in [0.2, 0.25) is 41.4 Å². The van der Waals surface area contributed by atoms with Gasteiger partial charge in [-0.1, -0.05) is 0 Å². The summed E-state index contributed by atoms with van der Waals surface area (Å²) in [6.45, 7) is -0.776. The number of unbranched alkanes of at least 4 members (excludes halogenated alkanes) is 1. The predicted octanol–water partition coefficient (Wildman–Crippen LogP) is -7.35. The molecule has 0 bridgehead atoms. The zero-order valence-corrected chi connectivity index (χ0v) is 30.6. The van der Waals surface area contributed by atoms with Crippen LogP contribution in [0.2, 0.25) is 0 Å². The van der Waals surface area contributed by atoms with Crippen LogP contribution in [0.25, 0.3) is 0 Å². The molecule has 25 heteroatoms. The molecule has 6 atom stereocenters. The minimum Gasteiger partial charge on any atom is -0.481 e. The van der Waals surface area contributed by atoms with Gasteiger partial charge in [0.1, 0.15) is 30.2 Å². The number of carbonyl (C=O) groups excluding carboxylic acids is 7. The highest BCUT2D eigenvalue weighted by molar-refractivity contribution is 7.80. The number of hydrogen-bond acceptors (Lipinski definition) is 14. The van der Waals surface area contributed by atoms with Gasteiger partial charge in [-0.25, -0.2) is 4.79 Å². The Bertz CT molecular complexity index is 1350. The Hall–Kier alpha value is -5.27. The number of aliphatic imine (C=N–C) groups is 1. The smallest absolute Gasteiger partial charge is 0.328 e. The van der Waals surface area contributed by atoms with Crippen molar-refractivity contribution in [3.8, 4) is 0 Å². The van der Waals surface area contributed by atoms with E-state index < -0.39 is 116 Å². The number of thiol groups is 1. The second-order valence-corrected chi connectivity index (χ2v) is 12.0. The fourth-order valence-corrected chi connectivity index (χ4v) is 4.38. The number of aliphatic hydroxyl groups excluding tert-OH is 1. The van der Waals surface area contributed by atoms with Crippen LogP contribution in [-0.2, 0) is 43.2 Å². The molecule has 0 fully saturated rings. The van der Waals surface area contributed by atoms with E-state index in [4.69, 9.17) is 38.3 Å². The summed E-state index contributed by atoms with van der Waals surface area (Å²) in [5.41, 5.74) is 21.8. The number of amides is 7. The lowest BCUT2D eigenvalue weighted by molar-refractivity contribution is -0.144. The SMILES string of the molecule is C[C@H](NC(=O)[C@@H](N)CS)C(=O)NCC(=O)N[C@@H](CCCCN)C(=O)N[C@@H](CCCN=C(N)N)C(=O)NCC(=O)N[C@@H](CC(=O)O)C(=O)N[C@@H](CO)C(=O)O. The Kier molecular flexibility index (Phi) is 23.9. The van der Waals surface area contributed by atoms with Gasteiger partial charge in [-0.3, -0.25) is 43.3 Å². The third kappa shape index (κ3) is 20.7. The molecule has 0 aliphatic rings. The number of aliphatic hydroxyl groups is 1. The molecule has 0 aliphatic heterocycles. The summed E-state index contributed by atoms with van der Waals surface area (Å²) in [5, 5.41) is 43.2. The van der Waals surface area contributed by atoms with Gasteiger partial charge in [-0.15, -0.1) is 0 Å². The number of carboxylic acids is 2. The fraction of sp³-hybridized carbons (Fsp3) is 0.655. The van der Waals surface area contributed by atoms with Crippen LogP contribution in [0.3, 0.4) is 0 Å². The van der Waals surface area contributed by atoms with E-state index in [0.717, 1.165) is 0 Å². The van der Waals surface area contributed by atoms with Crippen molar-refractivity contribution in [3.63, 3.8) is 0 Å². The van der Waals surface area contributed by atoms with E-state index in [-0.39, 0.29) is 44.1 Å². The summed E-state index contributed by atoms with van der Waals surface area (Å²) >= 11 is 3.92. The number of aliphatic carboxylic acids is 2. The molecular formula is C29H52N12O12S. The number of hydrogen-bond donors (Lipinski definition) is 15. The van der Waals surface area contributed by atoms with Crippen molar-refractivity contribution < 1.29 is 58.5 Å². The lowest BCUT2D eigenvalue weighted by Gasteiger charge is -2.24. The minimum atomic E-state index is -1.80. The van der Waals surface area contributed by atoms with Crippen molar-refractivity contribution in [2.75, 3.05) is 38.5 Å². The molecule has 0 aromatic rings. The van der Waals surface area contributed by atoms with Gasteiger partial charge in [0.25, 0.3) is 0 Å². The summed E-state index contributed by atoms with van der Waals surface area (Å²) in [5.74, 6) is -9.56. The average Bonchev–Trinajstić information content (AvgIpc) is 3.11. The highest BCUT2D eigenvalue weighted by atomic mass is 32.1. The molecule has 306 valence electrons. The van der Waals surface area contributed by atoms with Crippen molar-refractivity contribution in [3.05, 3.63) is 0 Å². The Labute approximate surface area is 315 Å². The van der Waals surface area contributed by atoms with E-state index in [9.17, 15) is 43.2 Å². The van der Waals surface area contributed by atoms with E-state index in [2.05, 4.69) is 49.5 Å². The third-order valence-electron chi connectivity index (χ3n) is 7.14. The quantitative estimate of drug-likeness (QED) is 0.0159. The maximum Gasteiger partial charge on any atom is 0.328 e. The Morgan fingerprint density at radius 2 is 1.20 bits per heavy atom. The summed E-state index contributed by atoms with van der Waals surface area (Å²) in [6, 6.07) is -8.18. The van der Waals surface area contributed by atoms with E-state index in [1.54, 1.807) is 0 Å². The number of carboxylic acid groups (broad SMARTS) is 2. The summed E-state index contributed by atoms with van der Waals surface area (Å²) in [4.78, 5) is 115. The van der Waals surface area contributed by atoms with E-state index in [0.29, 0.717) is 12.8 Å². The fourth-order valence-electron chi connectivity index (χ4n) is 4.22. The van der Waals surface area contributed by atoms with Crippen LogP contribution in [0.5, 0.6) is 0 Å². The molecule has 0 saturated heterocycles. The molecule has 18 N–H and O–H groups in total. The van der Waals surface area contributed by atoms with Crippen LogP contribution in [0.1, 0.15) is 45.4 Å². The first kappa shape index (κ1) is 48.7. The third-order valence-corrected chi connectivity index (χ3v) is 7.53. The Balaban J connectivity index is 5.75. The van der Waals surface area contributed by atoms with Crippen molar-refractivity contribution in [1.29, 1.82) is 0 Å². The molecule has 0 rings (SSSR count). The maximum absolute atomic E-state index is 13.4. The molecule has 0 aliphatic carbocycles. The highest BCUT2D eigenvalue weighted by Crippen LogP contribution is 2.05. The van der Waals surface area contributed by atoms with Gasteiger partial charge < -0.3 is 75.5 Å². The van der Waals surface area contributed by atoms with Crippen LogP contribution in [0.15, 0.2) is 4.99 Å². The summed E-state index contributed by atoms with van der Waals surface area (Å²) < 4.78 is 0. The van der Waals surface area contributed by atoms with E-state index in [1.807, 2.05) is 5.32 Å². The maximum atomic E-state index is 13.4. The van der Waals surface area contributed by atoms with Gasteiger partial charge in [0.05, 0.1) is 32.2 Å².